The summed E-state index contributed by atoms with van der Waals surface area (Å²) >= 11 is 9.49. The van der Waals surface area contributed by atoms with Crippen molar-refractivity contribution in [2.75, 3.05) is 84.4 Å². The van der Waals surface area contributed by atoms with Crippen LogP contribution < -0.4 is 68.2 Å². The first-order chi connectivity index (χ1) is 56.5. The van der Waals surface area contributed by atoms with Gasteiger partial charge < -0.3 is 99.5 Å². The predicted molar refractivity (Wildman–Crippen MR) is 399 cm³/mol. The molecule has 120 heavy (non-hydrogen) atoms. The molecule has 0 saturated carbocycles. The summed E-state index contributed by atoms with van der Waals surface area (Å²) in [5.41, 5.74) is 14.1. The number of nitrogens with two attached hydrogens (primary N) is 4. The number of aliphatic hydroxyl groups excluding tert-OH is 1. The molecule has 0 aromatic carbocycles. The number of rotatable bonds is 35. The number of alkyl halides is 2. The predicted octanol–water partition coefficient (Wildman–Crippen LogP) is -3.49. The molecule has 11 unspecified atom stereocenters. The van der Waals surface area contributed by atoms with E-state index in [0.29, 0.717) is 13.7 Å². The van der Waals surface area contributed by atoms with Gasteiger partial charge in [0.1, 0.15) is 115 Å². The summed E-state index contributed by atoms with van der Waals surface area (Å²) in [7, 11) is -13.0. The zero-order valence-corrected chi connectivity index (χ0v) is 68.4. The lowest BCUT2D eigenvalue weighted by Crippen LogP contribution is -2.40. The van der Waals surface area contributed by atoms with Crippen LogP contribution in [0.1, 0.15) is 44.3 Å². The molecule has 6 aliphatic heterocycles. The number of aromatic amines is 2. The van der Waals surface area contributed by atoms with E-state index in [-0.39, 0.29) is 23.3 Å². The van der Waals surface area contributed by atoms with Crippen LogP contribution in [0.2, 0.25) is 0 Å². The second-order valence-electron chi connectivity index (χ2n) is 26.6. The van der Waals surface area contributed by atoms with Gasteiger partial charge in [-0.05, 0) is 43.0 Å². The first kappa shape index (κ1) is 92.1. The Morgan fingerprint density at radius 1 is 0.417 bits per heavy atom. The van der Waals surface area contributed by atoms with Crippen LogP contribution in [0.5, 0.6) is 0 Å². The number of anilines is 4. The van der Waals surface area contributed by atoms with E-state index in [2.05, 4.69) is 32.2 Å². The number of nitrogen functional groups attached to an aromatic ring is 4. The highest BCUT2D eigenvalue weighted by Crippen LogP contribution is 2.59. The number of H-pyrrole nitrogens is 2. The number of phosphoric ester groups is 3. The Bertz CT molecular complexity index is 5490. The monoisotopic (exact) mass is 1850 g/mol. The number of thiol groups is 1. The normalized spacial score (nSPS) is 33.2. The smallest absolute Gasteiger partial charge is 0.387 e. The van der Waals surface area contributed by atoms with Gasteiger partial charge in [0.25, 0.3) is 11.1 Å². The van der Waals surface area contributed by atoms with Crippen LogP contribution in [-0.4, -0.2) is 253 Å². The van der Waals surface area contributed by atoms with Crippen molar-refractivity contribution >= 4 is 84.3 Å². The molecular formula is C58H77F2N16O37P5S2. The van der Waals surface area contributed by atoms with Gasteiger partial charge in [0.15, 0.2) is 49.7 Å². The molecule has 6 aliphatic rings. The molecule has 29 atom stereocenters. The number of phosphoric acid groups is 3. The largest absolute Gasteiger partial charge is 0.472 e. The maximum absolute atomic E-state index is 17.3. The summed E-state index contributed by atoms with van der Waals surface area (Å²) in [4.78, 5) is 168. The Labute approximate surface area is 679 Å². The third kappa shape index (κ3) is 20.8. The topological polar surface area (TPSA) is 707 Å². The minimum atomic E-state index is -5.96. The van der Waals surface area contributed by atoms with Crippen molar-refractivity contribution in [1.82, 2.24) is 57.3 Å². The van der Waals surface area contributed by atoms with E-state index in [1.807, 2.05) is 9.97 Å². The third-order valence-electron chi connectivity index (χ3n) is 19.0. The summed E-state index contributed by atoms with van der Waals surface area (Å²) in [6, 6.07) is 6.27. The molecule has 0 radical (unpaired) electrons. The molecule has 0 spiro atoms. The second kappa shape index (κ2) is 37.3. The Morgan fingerprint density at radius 3 is 1.13 bits per heavy atom. The highest BCUT2D eigenvalue weighted by Gasteiger charge is 2.58. The molecular weight excluding hydrogens is 1770 g/mol. The lowest BCUT2D eigenvalue weighted by atomic mass is 10.1. The van der Waals surface area contributed by atoms with E-state index in [4.69, 9.17) is 127 Å². The van der Waals surface area contributed by atoms with Crippen LogP contribution in [-0.2, 0) is 123 Å². The number of ether oxygens (including phenoxy) is 10. The van der Waals surface area contributed by atoms with Crippen LogP contribution in [0.15, 0.2) is 112 Å². The molecule has 12 heterocycles. The minimum absolute atomic E-state index is 0.139. The second-order valence-corrected chi connectivity index (χ2v) is 36.5. The van der Waals surface area contributed by atoms with Crippen LogP contribution in [0.25, 0.3) is 0 Å². The van der Waals surface area contributed by atoms with E-state index in [1.165, 1.54) is 44.6 Å². The summed E-state index contributed by atoms with van der Waals surface area (Å²) in [5, 5.41) is 11.2. The number of methoxy groups -OCH3 is 4. The lowest BCUT2D eigenvalue weighted by molar-refractivity contribution is -0.0672. The van der Waals surface area contributed by atoms with Gasteiger partial charge in [0.2, 0.25) is 0 Å². The van der Waals surface area contributed by atoms with Gasteiger partial charge in [-0.3, -0.25) is 87.7 Å². The molecule has 6 saturated heterocycles. The maximum Gasteiger partial charge on any atom is 0.472 e. The molecule has 15 N–H and O–H groups in total. The van der Waals surface area contributed by atoms with Gasteiger partial charge in [0, 0.05) is 77.8 Å². The van der Waals surface area contributed by atoms with Crippen molar-refractivity contribution in [2.24, 2.45) is 0 Å². The van der Waals surface area contributed by atoms with Gasteiger partial charge in [-0.25, -0.2) is 55.8 Å². The van der Waals surface area contributed by atoms with E-state index in [0.717, 1.165) is 78.0 Å². The van der Waals surface area contributed by atoms with Crippen molar-refractivity contribution < 1.29 is 144 Å². The minimum Gasteiger partial charge on any atom is -0.387 e. The maximum atomic E-state index is 17.3. The fourth-order valence-corrected chi connectivity index (χ4v) is 19.3. The van der Waals surface area contributed by atoms with Gasteiger partial charge in [0.05, 0.1) is 39.1 Å². The lowest BCUT2D eigenvalue weighted by Gasteiger charge is -2.28. The Balaban J connectivity index is 0.762. The van der Waals surface area contributed by atoms with Gasteiger partial charge in [-0.2, -0.15) is 19.9 Å². The van der Waals surface area contributed by atoms with Gasteiger partial charge >= 0.3 is 71.1 Å². The van der Waals surface area contributed by atoms with Crippen molar-refractivity contribution in [3.63, 3.8) is 0 Å². The standard InChI is InChI=1S/C58H77F2N16O37P5S2/c1-23-38(44(95-3)50(103-23)74-14-8-31(63)67-55(74)82)109-114(86,87)98-19-25-39(35(59)47(105-25)71-12-6-29(61)65-53(71)80)110-115(88,89)100-21-27-41(45(96-4)51(107-27)76-17-11-34(78)70-58(76)85)111-116(90,91)99-20-26-40(36(60)48(106-26)72-16-10-33(77)69-57(72)84)112-117(92,119)102-22-28-42(46(97-5)52(108-28)75-15-9-32(64)68-56(75)83)113-118(93,120)101-18-24-37(79)43(94-2)49(104-24)73-13-7-30(62)66-54(73)81/h6-17,23-28,35-52,79H,18-22H2,1-5H3,(H,86,87)(H,88,89)(H,90,91)(H,92,119)(H,93,120)(H2,61,65,80)(H2,62,66,81)(H2,63,67,82)(H2,64,68,83)(H,69,77,84)(H,70,78,85)/t23-,24-,25-,26-,27-,28-,35+,36+,37?,38?,39?,40?,41?,42?,43+,44+,45+,46+,47-,48-,49-,50-,51-,52-,117?,118?/m1/s1. The quantitative estimate of drug-likeness (QED) is 0.0136. The summed E-state index contributed by atoms with van der Waals surface area (Å²) in [5.74, 6) is -0.898. The zero-order valence-electron chi connectivity index (χ0n) is 62.2. The van der Waals surface area contributed by atoms with Crippen LogP contribution >= 0.6 is 49.2 Å². The highest BCUT2D eigenvalue weighted by molar-refractivity contribution is 8.44. The molecule has 6 aromatic rings. The summed E-state index contributed by atoms with van der Waals surface area (Å²) < 4.78 is 208. The number of nitrogens with one attached hydrogen (secondary N) is 2. The van der Waals surface area contributed by atoms with E-state index in [1.54, 1.807) is 0 Å². The fraction of sp³-hybridized carbons (Fsp3) is 0.586. The summed E-state index contributed by atoms with van der Waals surface area (Å²) in [6.45, 7) is -14.6. The van der Waals surface area contributed by atoms with Crippen LogP contribution in [0.4, 0.5) is 32.1 Å². The molecule has 53 nitrogen and oxygen atoms in total. The van der Waals surface area contributed by atoms with E-state index < -0.39 is 263 Å². The third-order valence-corrected chi connectivity index (χ3v) is 25.1. The van der Waals surface area contributed by atoms with Crippen LogP contribution in [0.3, 0.4) is 0 Å². The number of aliphatic hydroxyl groups is 1. The molecule has 12 rings (SSSR count). The van der Waals surface area contributed by atoms with Gasteiger partial charge in [-0.1, -0.05) is 12.2 Å². The number of aromatic nitrogens is 12. The Hall–Kier alpha value is -7.14. The van der Waals surface area contributed by atoms with E-state index >= 15 is 8.78 Å². The average Bonchev–Trinajstić information content (AvgIpc) is 1.64. The fourth-order valence-electron chi connectivity index (χ4n) is 13.5. The first-order valence-corrected chi connectivity index (χ1v) is 44.6. The molecule has 6 aromatic heterocycles. The van der Waals surface area contributed by atoms with Crippen molar-refractivity contribution in [1.29, 1.82) is 0 Å². The molecule has 0 amide bonds. The Morgan fingerprint density at radius 2 is 0.717 bits per heavy atom. The number of hydrogen-bond donors (Lipinski definition) is 12. The van der Waals surface area contributed by atoms with Crippen molar-refractivity contribution in [3.05, 3.63) is 157 Å². The molecule has 62 heteroatoms. The zero-order chi connectivity index (χ0) is 87.2. The number of halogens is 2. The molecule has 6 fully saturated rings. The molecule has 0 aliphatic carbocycles. The number of nitrogens with zero attached hydrogens (tertiary/aromatic N) is 10. The van der Waals surface area contributed by atoms with Crippen LogP contribution in [0, 0.1) is 0 Å². The molecule has 0 bridgehead atoms. The van der Waals surface area contributed by atoms with E-state index in [9.17, 15) is 81.3 Å². The summed E-state index contributed by atoms with van der Waals surface area (Å²) in [6.07, 6.45) is -38.8. The highest BCUT2D eigenvalue weighted by atomic mass is 32.7. The average molecular weight is 1850 g/mol. The molecule has 662 valence electrons. The SMILES string of the molecule is CO[C@H]1C(OP(=O)(O)OC[C@H]2O[C@@H](n3ccc(N)nc3=O)[C@@H](F)C2OP(=O)(O)OC[C@H]2O[C@@H](n3ccc(=O)[nH]c3=O)[C@@H](OC)C2OP(=O)(O)OC[C@H]2O[C@@H](n3ccc(=O)[nH]c3=O)[C@@H](F)C2OP(O)(=S)OC[C@H]2O[C@@H](n3ccc(N)nc3=O)[C@@H](OC)C2OP(=O)(S)OC[C@H]2O[C@@H](n3ccc(N)nc3=O)[C@@H](OC)C2O)[C@@H](C)O[C@H]1n1ccc(N)nc1=O. The van der Waals surface area contributed by atoms with Gasteiger partial charge in [-0.15, -0.1) is 0 Å². The van der Waals surface area contributed by atoms with Crippen molar-refractivity contribution in [3.8, 4) is 0 Å². The Kier molecular flexibility index (Phi) is 28.6. The van der Waals surface area contributed by atoms with Crippen molar-refractivity contribution in [2.45, 2.75) is 154 Å². The number of hydrogen-bond acceptors (Lipinski definition) is 42. The first-order valence-electron chi connectivity index (χ1n) is 34.8.